The van der Waals surface area contributed by atoms with E-state index in [0.29, 0.717) is 23.2 Å². The van der Waals surface area contributed by atoms with Crippen molar-refractivity contribution in [1.82, 2.24) is 9.88 Å². The summed E-state index contributed by atoms with van der Waals surface area (Å²) in [5.41, 5.74) is 4.27. The zero-order valence-corrected chi connectivity index (χ0v) is 17.6. The number of hydrogen-bond acceptors (Lipinski definition) is 4. The second-order valence-corrected chi connectivity index (χ2v) is 7.72. The molecule has 0 radical (unpaired) electrons. The molecule has 3 aromatic rings. The molecule has 1 aromatic heterocycles. The first-order valence-electron chi connectivity index (χ1n) is 10.2. The number of nitrogens with zero attached hydrogens (tertiary/aromatic N) is 1. The van der Waals surface area contributed by atoms with Gasteiger partial charge >= 0.3 is 6.09 Å². The number of rotatable bonds is 5. The van der Waals surface area contributed by atoms with E-state index in [-0.39, 0.29) is 0 Å². The van der Waals surface area contributed by atoms with Crippen LogP contribution in [0.5, 0.6) is 11.5 Å². The van der Waals surface area contributed by atoms with Crippen molar-refractivity contribution in [3.8, 4) is 11.5 Å². The molecule has 2 aromatic carbocycles. The van der Waals surface area contributed by atoms with Crippen molar-refractivity contribution >= 4 is 28.3 Å². The van der Waals surface area contributed by atoms with Crippen LogP contribution in [0, 0.1) is 0 Å². The predicted octanol–water partition coefficient (Wildman–Crippen LogP) is 5.28. The number of methoxy groups -OCH3 is 1. The predicted molar refractivity (Wildman–Crippen MR) is 120 cm³/mol. The standard InChI is InChI=1S/C24H27N3O3/c1-16(2)27-11-9-17(10-12-27)22-15-25-23-8-7-18(13-21(22)23)26-24(28)30-20-6-4-5-19(14-20)29-3/h4-9,13-16,25H,10-12H2,1-3H3,(H,26,28). The second-order valence-electron chi connectivity index (χ2n) is 7.72. The number of nitrogens with one attached hydrogen (secondary N) is 2. The molecule has 0 unspecified atom stereocenters. The Balaban J connectivity index is 1.50. The number of carbonyl (C=O) groups is 1. The minimum absolute atomic E-state index is 0.428. The Morgan fingerprint density at radius 1 is 1.17 bits per heavy atom. The van der Waals surface area contributed by atoms with Gasteiger partial charge in [0.1, 0.15) is 11.5 Å². The molecule has 0 fully saturated rings. The van der Waals surface area contributed by atoms with Gasteiger partial charge in [-0.1, -0.05) is 12.1 Å². The number of aromatic nitrogens is 1. The third kappa shape index (κ3) is 4.33. The monoisotopic (exact) mass is 405 g/mol. The zero-order valence-electron chi connectivity index (χ0n) is 17.6. The summed E-state index contributed by atoms with van der Waals surface area (Å²) >= 11 is 0. The average molecular weight is 405 g/mol. The Hall–Kier alpha value is -3.25. The smallest absolute Gasteiger partial charge is 0.417 e. The Morgan fingerprint density at radius 2 is 2.00 bits per heavy atom. The van der Waals surface area contributed by atoms with E-state index < -0.39 is 6.09 Å². The van der Waals surface area contributed by atoms with Gasteiger partial charge in [0, 0.05) is 53.5 Å². The van der Waals surface area contributed by atoms with Gasteiger partial charge < -0.3 is 14.5 Å². The van der Waals surface area contributed by atoms with Gasteiger partial charge in [0.25, 0.3) is 0 Å². The van der Waals surface area contributed by atoms with Gasteiger partial charge in [0.15, 0.2) is 0 Å². The molecule has 2 N–H and O–H groups in total. The summed E-state index contributed by atoms with van der Waals surface area (Å²) in [4.78, 5) is 18.1. The third-order valence-corrected chi connectivity index (χ3v) is 5.50. The molecule has 0 bridgehead atoms. The van der Waals surface area contributed by atoms with Crippen LogP contribution in [0.4, 0.5) is 10.5 Å². The fourth-order valence-corrected chi connectivity index (χ4v) is 3.78. The Labute approximate surface area is 176 Å². The number of amides is 1. The third-order valence-electron chi connectivity index (χ3n) is 5.50. The van der Waals surface area contributed by atoms with Crippen LogP contribution in [0.2, 0.25) is 0 Å². The summed E-state index contributed by atoms with van der Waals surface area (Å²) in [6.45, 7) is 6.48. The number of hydrogen-bond donors (Lipinski definition) is 2. The Bertz CT molecular complexity index is 1080. The lowest BCUT2D eigenvalue weighted by atomic mass is 9.98. The fraction of sp³-hybridized carbons (Fsp3) is 0.292. The molecule has 0 saturated heterocycles. The molecule has 30 heavy (non-hydrogen) atoms. The number of carbonyl (C=O) groups excluding carboxylic acids is 1. The number of H-pyrrole nitrogens is 1. The molecule has 6 heteroatoms. The summed E-state index contributed by atoms with van der Waals surface area (Å²) in [6, 6.07) is 13.3. The van der Waals surface area contributed by atoms with Crippen molar-refractivity contribution in [2.45, 2.75) is 26.3 Å². The lowest BCUT2D eigenvalue weighted by molar-refractivity contribution is 0.215. The number of aromatic amines is 1. The van der Waals surface area contributed by atoms with Crippen LogP contribution in [0.1, 0.15) is 25.8 Å². The van der Waals surface area contributed by atoms with Crippen molar-refractivity contribution in [2.75, 3.05) is 25.5 Å². The molecule has 0 saturated carbocycles. The van der Waals surface area contributed by atoms with Crippen LogP contribution >= 0.6 is 0 Å². The summed E-state index contributed by atoms with van der Waals surface area (Å²) in [7, 11) is 1.57. The fourth-order valence-electron chi connectivity index (χ4n) is 3.78. The van der Waals surface area contributed by atoms with Crippen molar-refractivity contribution in [2.24, 2.45) is 0 Å². The normalized spacial score (nSPS) is 14.6. The highest BCUT2D eigenvalue weighted by Crippen LogP contribution is 2.31. The number of benzene rings is 2. The van der Waals surface area contributed by atoms with Gasteiger partial charge in [-0.25, -0.2) is 4.79 Å². The molecule has 1 amide bonds. The van der Waals surface area contributed by atoms with E-state index in [2.05, 4.69) is 41.3 Å². The molecule has 0 atom stereocenters. The quantitative estimate of drug-likeness (QED) is 0.606. The first-order valence-corrected chi connectivity index (χ1v) is 10.2. The maximum Gasteiger partial charge on any atom is 0.417 e. The van der Waals surface area contributed by atoms with Crippen LogP contribution in [0.15, 0.2) is 54.7 Å². The van der Waals surface area contributed by atoms with Crippen LogP contribution < -0.4 is 14.8 Å². The van der Waals surface area contributed by atoms with Crippen molar-refractivity contribution < 1.29 is 14.3 Å². The lowest BCUT2D eigenvalue weighted by Crippen LogP contribution is -2.34. The van der Waals surface area contributed by atoms with Gasteiger partial charge in [0.05, 0.1) is 7.11 Å². The van der Waals surface area contributed by atoms with E-state index in [9.17, 15) is 4.79 Å². The van der Waals surface area contributed by atoms with Gasteiger partial charge in [-0.15, -0.1) is 0 Å². The highest BCUT2D eigenvalue weighted by Gasteiger charge is 2.17. The van der Waals surface area contributed by atoms with Crippen LogP contribution in [0.3, 0.4) is 0 Å². The minimum Gasteiger partial charge on any atom is -0.497 e. The van der Waals surface area contributed by atoms with E-state index in [4.69, 9.17) is 9.47 Å². The molecular formula is C24H27N3O3. The van der Waals surface area contributed by atoms with Crippen molar-refractivity contribution in [3.63, 3.8) is 0 Å². The maximum absolute atomic E-state index is 12.3. The first-order chi connectivity index (χ1) is 14.5. The van der Waals surface area contributed by atoms with E-state index in [1.165, 1.54) is 11.1 Å². The highest BCUT2D eigenvalue weighted by molar-refractivity contribution is 5.97. The molecule has 0 aliphatic carbocycles. The summed E-state index contributed by atoms with van der Waals surface area (Å²) in [6.07, 6.45) is 4.84. The SMILES string of the molecule is COc1cccc(OC(=O)Nc2ccc3[nH]cc(C4=CCN(C(C)C)CC4)c3c2)c1. The summed E-state index contributed by atoms with van der Waals surface area (Å²) in [5, 5.41) is 3.91. The molecule has 156 valence electrons. The number of ether oxygens (including phenoxy) is 2. The molecule has 1 aliphatic heterocycles. The zero-order chi connectivity index (χ0) is 21.1. The van der Waals surface area contributed by atoms with E-state index in [1.54, 1.807) is 31.4 Å². The largest absolute Gasteiger partial charge is 0.497 e. The molecule has 4 rings (SSSR count). The Kier molecular flexibility index (Phi) is 5.77. The van der Waals surface area contributed by atoms with Gasteiger partial charge in [-0.3, -0.25) is 10.2 Å². The molecule has 0 spiro atoms. The first kappa shape index (κ1) is 20.0. The molecule has 6 nitrogen and oxygen atoms in total. The molecule has 1 aliphatic rings. The number of fused-ring (bicyclic) bond motifs is 1. The topological polar surface area (TPSA) is 66.6 Å². The van der Waals surface area contributed by atoms with Crippen molar-refractivity contribution in [1.29, 1.82) is 0 Å². The van der Waals surface area contributed by atoms with Gasteiger partial charge in [-0.05, 0) is 56.2 Å². The maximum atomic E-state index is 12.3. The van der Waals surface area contributed by atoms with E-state index >= 15 is 0 Å². The van der Waals surface area contributed by atoms with Gasteiger partial charge in [0.2, 0.25) is 0 Å². The van der Waals surface area contributed by atoms with E-state index in [1.807, 2.05) is 18.2 Å². The van der Waals surface area contributed by atoms with E-state index in [0.717, 1.165) is 30.4 Å². The highest BCUT2D eigenvalue weighted by atomic mass is 16.6. The molecular weight excluding hydrogens is 378 g/mol. The number of anilines is 1. The van der Waals surface area contributed by atoms with Crippen molar-refractivity contribution in [3.05, 3.63) is 60.3 Å². The second kappa shape index (κ2) is 8.63. The van der Waals surface area contributed by atoms with Crippen LogP contribution in [0.25, 0.3) is 16.5 Å². The Morgan fingerprint density at radius 3 is 2.73 bits per heavy atom. The minimum atomic E-state index is -0.538. The van der Waals surface area contributed by atoms with Crippen LogP contribution in [-0.4, -0.2) is 42.2 Å². The van der Waals surface area contributed by atoms with Crippen LogP contribution in [-0.2, 0) is 0 Å². The average Bonchev–Trinajstić information content (AvgIpc) is 3.17. The summed E-state index contributed by atoms with van der Waals surface area (Å²) < 4.78 is 10.5. The lowest BCUT2D eigenvalue weighted by Gasteiger charge is -2.29. The van der Waals surface area contributed by atoms with Gasteiger partial charge in [-0.2, -0.15) is 0 Å². The molecule has 2 heterocycles. The summed E-state index contributed by atoms with van der Waals surface area (Å²) in [5.74, 6) is 1.06.